The van der Waals surface area contributed by atoms with Crippen LogP contribution in [-0.4, -0.2) is 33.0 Å². The van der Waals surface area contributed by atoms with E-state index >= 15 is 0 Å². The lowest BCUT2D eigenvalue weighted by molar-refractivity contribution is -0.139. The molecule has 0 saturated heterocycles. The van der Waals surface area contributed by atoms with E-state index in [1.807, 2.05) is 26.0 Å². The summed E-state index contributed by atoms with van der Waals surface area (Å²) in [4.78, 5) is 33.8. The minimum Gasteiger partial charge on any atom is -0.480 e. The highest BCUT2D eigenvalue weighted by Gasteiger charge is 2.24. The average molecular weight is 524 g/mol. The van der Waals surface area contributed by atoms with Gasteiger partial charge in [-0.15, -0.1) is 0 Å². The summed E-state index contributed by atoms with van der Waals surface area (Å²) in [6, 6.07) is 15.3. The van der Waals surface area contributed by atoms with Gasteiger partial charge in [0.2, 0.25) is 5.89 Å². The monoisotopic (exact) mass is 523 g/mol. The van der Waals surface area contributed by atoms with Crippen molar-refractivity contribution in [2.75, 3.05) is 5.32 Å². The number of rotatable bonds is 10. The molecule has 2 aromatic heterocycles. The molecule has 39 heavy (non-hydrogen) atoms. The Morgan fingerprint density at radius 3 is 2.56 bits per heavy atom. The molecule has 1 unspecified atom stereocenters. The van der Waals surface area contributed by atoms with Crippen molar-refractivity contribution in [3.63, 3.8) is 0 Å². The summed E-state index contributed by atoms with van der Waals surface area (Å²) in [7, 11) is 0. The molecule has 0 aliphatic heterocycles. The van der Waals surface area contributed by atoms with Gasteiger partial charge in [0, 0.05) is 23.7 Å². The maximum atomic E-state index is 13.1. The zero-order valence-electron chi connectivity index (χ0n) is 22.0. The van der Waals surface area contributed by atoms with E-state index in [0.717, 1.165) is 28.2 Å². The number of oxazole rings is 1. The fraction of sp³-hybridized carbons (Fsp3) is 0.233. The zero-order valence-corrected chi connectivity index (χ0v) is 22.0. The minimum atomic E-state index is -1.13. The molecule has 2 heterocycles. The Hall–Kier alpha value is -4.97. The van der Waals surface area contributed by atoms with Crippen LogP contribution in [0.5, 0.6) is 0 Å². The van der Waals surface area contributed by atoms with Gasteiger partial charge in [-0.1, -0.05) is 19.1 Å². The van der Waals surface area contributed by atoms with Crippen LogP contribution in [0.15, 0.2) is 65.4 Å². The molecule has 9 nitrogen and oxygen atoms in total. The summed E-state index contributed by atoms with van der Waals surface area (Å²) < 4.78 is 5.63. The van der Waals surface area contributed by atoms with Crippen LogP contribution >= 0.6 is 0 Å². The van der Waals surface area contributed by atoms with Crippen molar-refractivity contribution in [2.45, 2.75) is 46.2 Å². The molecule has 0 radical (unpaired) electrons. The standard InChI is InChI=1S/C30H29N5O4/c1-4-22-13-21(15-31)12-19(3)27(22)28(36)35-25(30(37)38)14-20-5-7-23(8-6-20)29-34-24(17-39-29)16-33-26-11-18(2)9-10-32-26/h5-13,17,25H,4,14,16H2,1-3H3,(H,32,33)(H,35,36)(H,37,38). The Labute approximate surface area is 226 Å². The fourth-order valence-corrected chi connectivity index (χ4v) is 4.31. The Bertz CT molecular complexity index is 1540. The smallest absolute Gasteiger partial charge is 0.326 e. The van der Waals surface area contributed by atoms with Crippen molar-refractivity contribution < 1.29 is 19.1 Å². The highest BCUT2D eigenvalue weighted by atomic mass is 16.4. The molecule has 0 spiro atoms. The summed E-state index contributed by atoms with van der Waals surface area (Å²) in [5, 5.41) is 24.9. The SMILES string of the molecule is CCc1cc(C#N)cc(C)c1C(=O)NC(Cc1ccc(-c2nc(CNc3cc(C)ccn3)co2)cc1)C(=O)O. The molecule has 0 fully saturated rings. The van der Waals surface area contributed by atoms with E-state index in [2.05, 4.69) is 26.7 Å². The summed E-state index contributed by atoms with van der Waals surface area (Å²) in [6.07, 6.45) is 3.96. The first kappa shape index (κ1) is 27.1. The number of nitriles is 1. The van der Waals surface area contributed by atoms with Crippen molar-refractivity contribution in [1.29, 1.82) is 5.26 Å². The molecule has 9 heteroatoms. The van der Waals surface area contributed by atoms with Crippen LogP contribution < -0.4 is 10.6 Å². The van der Waals surface area contributed by atoms with Crippen LogP contribution in [0.3, 0.4) is 0 Å². The predicted molar refractivity (Wildman–Crippen MR) is 146 cm³/mol. The third-order valence-corrected chi connectivity index (χ3v) is 6.32. The number of nitrogens with zero attached hydrogens (tertiary/aromatic N) is 3. The van der Waals surface area contributed by atoms with Crippen molar-refractivity contribution in [3.05, 3.63) is 100 Å². The molecule has 4 rings (SSSR count). The largest absolute Gasteiger partial charge is 0.480 e. The molecule has 0 aliphatic carbocycles. The number of hydrogen-bond donors (Lipinski definition) is 3. The van der Waals surface area contributed by atoms with Gasteiger partial charge < -0.3 is 20.2 Å². The van der Waals surface area contributed by atoms with E-state index in [-0.39, 0.29) is 6.42 Å². The zero-order chi connectivity index (χ0) is 27.9. The van der Waals surface area contributed by atoms with E-state index in [9.17, 15) is 20.0 Å². The van der Waals surface area contributed by atoms with E-state index in [1.165, 1.54) is 0 Å². The maximum absolute atomic E-state index is 13.1. The maximum Gasteiger partial charge on any atom is 0.326 e. The molecular formula is C30H29N5O4. The van der Waals surface area contributed by atoms with Crippen LogP contribution in [-0.2, 0) is 24.2 Å². The number of benzene rings is 2. The van der Waals surface area contributed by atoms with Gasteiger partial charge in [-0.05, 0) is 78.9 Å². The number of aryl methyl sites for hydroxylation is 3. The van der Waals surface area contributed by atoms with E-state index in [0.29, 0.717) is 41.1 Å². The highest BCUT2D eigenvalue weighted by Crippen LogP contribution is 2.21. The van der Waals surface area contributed by atoms with Gasteiger partial charge in [-0.25, -0.2) is 14.8 Å². The number of carbonyl (C=O) groups excluding carboxylic acids is 1. The molecule has 1 amide bonds. The number of carbonyl (C=O) groups is 2. The minimum absolute atomic E-state index is 0.0996. The van der Waals surface area contributed by atoms with Crippen molar-refractivity contribution in [1.82, 2.24) is 15.3 Å². The Morgan fingerprint density at radius 2 is 1.90 bits per heavy atom. The number of carboxylic acids is 1. The number of nitrogens with one attached hydrogen (secondary N) is 2. The molecule has 2 aromatic carbocycles. The number of aromatic nitrogens is 2. The summed E-state index contributed by atoms with van der Waals surface area (Å²) in [6.45, 7) is 6.08. The number of pyridine rings is 1. The van der Waals surface area contributed by atoms with Crippen LogP contribution in [0.2, 0.25) is 0 Å². The number of aliphatic carboxylic acids is 1. The van der Waals surface area contributed by atoms with Crippen molar-refractivity contribution in [2.24, 2.45) is 0 Å². The molecule has 198 valence electrons. The molecular weight excluding hydrogens is 494 g/mol. The third kappa shape index (κ3) is 6.67. The van der Waals surface area contributed by atoms with E-state index in [4.69, 9.17) is 4.42 Å². The third-order valence-electron chi connectivity index (χ3n) is 6.32. The van der Waals surface area contributed by atoms with Crippen molar-refractivity contribution in [3.8, 4) is 17.5 Å². The lowest BCUT2D eigenvalue weighted by atomic mass is 9.95. The quantitative estimate of drug-likeness (QED) is 0.269. The average Bonchev–Trinajstić information content (AvgIpc) is 3.40. The number of carboxylic acid groups (broad SMARTS) is 1. The summed E-state index contributed by atoms with van der Waals surface area (Å²) >= 11 is 0. The second kappa shape index (κ2) is 12.0. The first-order chi connectivity index (χ1) is 18.8. The Morgan fingerprint density at radius 1 is 1.13 bits per heavy atom. The lowest BCUT2D eigenvalue weighted by Crippen LogP contribution is -2.42. The topological polar surface area (TPSA) is 141 Å². The van der Waals surface area contributed by atoms with Gasteiger partial charge in [-0.2, -0.15) is 5.26 Å². The van der Waals surface area contributed by atoms with Crippen LogP contribution in [0.25, 0.3) is 11.5 Å². The first-order valence-corrected chi connectivity index (χ1v) is 12.5. The molecule has 4 aromatic rings. The fourth-order valence-electron chi connectivity index (χ4n) is 4.31. The van der Waals surface area contributed by atoms with Gasteiger partial charge in [0.1, 0.15) is 18.1 Å². The summed E-state index contributed by atoms with van der Waals surface area (Å²) in [5.41, 5.74) is 5.51. The highest BCUT2D eigenvalue weighted by molar-refractivity contribution is 5.99. The van der Waals surface area contributed by atoms with Gasteiger partial charge in [-0.3, -0.25) is 4.79 Å². The first-order valence-electron chi connectivity index (χ1n) is 12.5. The second-order valence-corrected chi connectivity index (χ2v) is 9.27. The molecule has 3 N–H and O–H groups in total. The van der Waals surface area contributed by atoms with E-state index < -0.39 is 17.9 Å². The van der Waals surface area contributed by atoms with Gasteiger partial charge in [0.05, 0.1) is 23.9 Å². The number of anilines is 1. The molecule has 0 saturated carbocycles. The van der Waals surface area contributed by atoms with Crippen LogP contribution in [0.4, 0.5) is 5.82 Å². The Balaban J connectivity index is 1.42. The van der Waals surface area contributed by atoms with Crippen LogP contribution in [0, 0.1) is 25.2 Å². The van der Waals surface area contributed by atoms with Gasteiger partial charge in [0.15, 0.2) is 0 Å². The molecule has 0 aliphatic rings. The molecule has 0 bridgehead atoms. The summed E-state index contributed by atoms with van der Waals surface area (Å²) in [5.74, 6) is -0.407. The van der Waals surface area contributed by atoms with Gasteiger partial charge in [0.25, 0.3) is 5.91 Å². The van der Waals surface area contributed by atoms with Gasteiger partial charge >= 0.3 is 5.97 Å². The van der Waals surface area contributed by atoms with Crippen molar-refractivity contribution >= 4 is 17.7 Å². The van der Waals surface area contributed by atoms with Crippen LogP contribution in [0.1, 0.15) is 50.8 Å². The molecule has 1 atom stereocenters. The second-order valence-electron chi connectivity index (χ2n) is 9.27. The predicted octanol–water partition coefficient (Wildman–Crippen LogP) is 4.83. The Kier molecular flexibility index (Phi) is 8.37. The number of amides is 1. The lowest BCUT2D eigenvalue weighted by Gasteiger charge is -2.18. The normalized spacial score (nSPS) is 11.4. The van der Waals surface area contributed by atoms with E-state index in [1.54, 1.807) is 55.8 Å². The number of hydrogen-bond acceptors (Lipinski definition) is 7.